The number of hydrogen-bond acceptors (Lipinski definition) is 3. The van der Waals surface area contributed by atoms with E-state index in [0.29, 0.717) is 5.56 Å². The Labute approximate surface area is 181 Å². The van der Waals surface area contributed by atoms with Gasteiger partial charge in [-0.2, -0.15) is 0 Å². The second kappa shape index (κ2) is 9.68. The van der Waals surface area contributed by atoms with E-state index in [-0.39, 0.29) is 18.8 Å². The second-order valence-electron chi connectivity index (χ2n) is 7.27. The van der Waals surface area contributed by atoms with Gasteiger partial charge in [0.2, 0.25) is 0 Å². The van der Waals surface area contributed by atoms with Crippen molar-refractivity contribution in [2.24, 2.45) is 0 Å². The van der Waals surface area contributed by atoms with Crippen molar-refractivity contribution in [3.05, 3.63) is 120 Å². The van der Waals surface area contributed by atoms with Crippen molar-refractivity contribution in [1.29, 1.82) is 0 Å². The molecule has 0 unspecified atom stereocenters. The lowest BCUT2D eigenvalue weighted by Crippen LogP contribution is -2.15. The number of benzene rings is 4. The van der Waals surface area contributed by atoms with Crippen LogP contribution in [0.25, 0.3) is 22.3 Å². The second-order valence-corrected chi connectivity index (χ2v) is 7.27. The van der Waals surface area contributed by atoms with E-state index in [4.69, 9.17) is 4.74 Å². The molecule has 0 radical (unpaired) electrons. The van der Waals surface area contributed by atoms with Crippen molar-refractivity contribution < 1.29 is 14.3 Å². The summed E-state index contributed by atoms with van der Waals surface area (Å²) in [6, 6.07) is 35.1. The maximum absolute atomic E-state index is 12.4. The van der Waals surface area contributed by atoms with Gasteiger partial charge >= 0.3 is 5.97 Å². The fraction of sp³-hybridized carbons (Fsp3) is 0.0714. The average Bonchev–Trinajstić information content (AvgIpc) is 2.84. The van der Waals surface area contributed by atoms with Gasteiger partial charge in [-0.25, -0.2) is 0 Å². The molecule has 152 valence electrons. The first kappa shape index (κ1) is 20.3. The number of ketones is 1. The zero-order valence-corrected chi connectivity index (χ0v) is 17.0. The maximum atomic E-state index is 12.4. The van der Waals surface area contributed by atoms with Crippen LogP contribution in [0.4, 0.5) is 0 Å². The molecule has 0 aliphatic carbocycles. The molecule has 0 bridgehead atoms. The molecular formula is C28H22O3. The average molecular weight is 406 g/mol. The highest BCUT2D eigenvalue weighted by atomic mass is 16.5. The van der Waals surface area contributed by atoms with E-state index < -0.39 is 5.97 Å². The lowest BCUT2D eigenvalue weighted by atomic mass is 10.0. The molecule has 0 spiro atoms. The third-order valence-corrected chi connectivity index (χ3v) is 5.09. The van der Waals surface area contributed by atoms with Crippen molar-refractivity contribution in [2.45, 2.75) is 6.42 Å². The Morgan fingerprint density at radius 2 is 1.00 bits per heavy atom. The molecule has 0 amide bonds. The summed E-state index contributed by atoms with van der Waals surface area (Å²) in [6.45, 7) is -0.258. The third-order valence-electron chi connectivity index (χ3n) is 5.09. The smallest absolute Gasteiger partial charge is 0.310 e. The zero-order valence-electron chi connectivity index (χ0n) is 17.0. The summed E-state index contributed by atoms with van der Waals surface area (Å²) in [5.74, 6) is -0.630. The highest BCUT2D eigenvalue weighted by Gasteiger charge is 2.11. The number of rotatable bonds is 7. The Bertz CT molecular complexity index is 1150. The minimum Gasteiger partial charge on any atom is -0.457 e. The lowest BCUT2D eigenvalue weighted by Gasteiger charge is -2.07. The summed E-state index contributed by atoms with van der Waals surface area (Å²) < 4.78 is 5.20. The molecule has 0 atom stereocenters. The van der Waals surface area contributed by atoms with Crippen molar-refractivity contribution in [2.75, 3.05) is 6.61 Å². The molecule has 4 rings (SSSR count). The van der Waals surface area contributed by atoms with Crippen molar-refractivity contribution in [3.63, 3.8) is 0 Å². The highest BCUT2D eigenvalue weighted by molar-refractivity contribution is 5.98. The van der Waals surface area contributed by atoms with E-state index in [1.54, 1.807) is 12.1 Å². The number of Topliss-reactive ketones (excluding diaryl/α,β-unsaturated/α-hetero) is 1. The summed E-state index contributed by atoms with van der Waals surface area (Å²) in [5, 5.41) is 0. The Morgan fingerprint density at radius 1 is 0.548 bits per heavy atom. The van der Waals surface area contributed by atoms with Crippen LogP contribution in [-0.2, 0) is 16.0 Å². The molecule has 3 heteroatoms. The summed E-state index contributed by atoms with van der Waals surface area (Å²) in [7, 11) is 0. The van der Waals surface area contributed by atoms with Gasteiger partial charge in [0.1, 0.15) is 0 Å². The Morgan fingerprint density at radius 3 is 1.52 bits per heavy atom. The van der Waals surface area contributed by atoms with Crippen LogP contribution >= 0.6 is 0 Å². The summed E-state index contributed by atoms with van der Waals surface area (Å²) in [6.07, 6.45) is 0.134. The molecule has 0 saturated carbocycles. The van der Waals surface area contributed by atoms with E-state index in [9.17, 15) is 9.59 Å². The van der Waals surface area contributed by atoms with E-state index in [1.165, 1.54) is 0 Å². The largest absolute Gasteiger partial charge is 0.457 e. The number of ether oxygens (including phenoxy) is 1. The van der Waals surface area contributed by atoms with Gasteiger partial charge in [-0.05, 0) is 27.8 Å². The topological polar surface area (TPSA) is 43.4 Å². The van der Waals surface area contributed by atoms with Gasteiger partial charge in [-0.3, -0.25) is 9.59 Å². The first-order valence-electron chi connectivity index (χ1n) is 10.2. The van der Waals surface area contributed by atoms with Crippen molar-refractivity contribution >= 4 is 11.8 Å². The van der Waals surface area contributed by atoms with Gasteiger partial charge in [-0.1, -0.05) is 109 Å². The summed E-state index contributed by atoms with van der Waals surface area (Å²) in [4.78, 5) is 24.5. The normalized spacial score (nSPS) is 10.5. The van der Waals surface area contributed by atoms with Gasteiger partial charge in [0, 0.05) is 5.56 Å². The Kier molecular flexibility index (Phi) is 6.34. The van der Waals surface area contributed by atoms with Gasteiger partial charge < -0.3 is 4.74 Å². The predicted molar refractivity (Wildman–Crippen MR) is 123 cm³/mol. The molecule has 3 nitrogen and oxygen atoms in total. The van der Waals surface area contributed by atoms with Crippen LogP contribution < -0.4 is 0 Å². The van der Waals surface area contributed by atoms with E-state index in [2.05, 4.69) is 0 Å². The summed E-state index contributed by atoms with van der Waals surface area (Å²) >= 11 is 0. The SMILES string of the molecule is O=C(Cc1ccc(-c2ccccc2)cc1)OCC(=O)c1ccc(-c2ccccc2)cc1. The van der Waals surface area contributed by atoms with E-state index in [1.807, 2.05) is 97.1 Å². The number of carbonyl (C=O) groups is 2. The predicted octanol–water partition coefficient (Wildman–Crippen LogP) is 5.99. The molecule has 0 fully saturated rings. The maximum Gasteiger partial charge on any atom is 0.310 e. The fourth-order valence-electron chi connectivity index (χ4n) is 3.37. The van der Waals surface area contributed by atoms with Crippen LogP contribution in [0.5, 0.6) is 0 Å². The molecule has 4 aromatic rings. The molecule has 0 aliphatic heterocycles. The number of hydrogen-bond donors (Lipinski definition) is 0. The van der Waals surface area contributed by atoms with Crippen LogP contribution in [0.2, 0.25) is 0 Å². The van der Waals surface area contributed by atoms with E-state index in [0.717, 1.165) is 27.8 Å². The first-order chi connectivity index (χ1) is 15.2. The van der Waals surface area contributed by atoms with Gasteiger partial charge in [0.25, 0.3) is 0 Å². The minimum atomic E-state index is -0.415. The molecule has 31 heavy (non-hydrogen) atoms. The van der Waals surface area contributed by atoms with Gasteiger partial charge in [0.15, 0.2) is 12.4 Å². The minimum absolute atomic E-state index is 0.134. The summed E-state index contributed by atoms with van der Waals surface area (Å²) in [5.41, 5.74) is 5.72. The van der Waals surface area contributed by atoms with Gasteiger partial charge in [0.05, 0.1) is 6.42 Å². The zero-order chi connectivity index (χ0) is 21.5. The van der Waals surface area contributed by atoms with Crippen LogP contribution in [0.15, 0.2) is 109 Å². The molecular weight excluding hydrogens is 384 g/mol. The first-order valence-corrected chi connectivity index (χ1v) is 10.2. The number of esters is 1. The molecule has 0 aromatic heterocycles. The fourth-order valence-corrected chi connectivity index (χ4v) is 3.37. The van der Waals surface area contributed by atoms with Crippen LogP contribution in [0.1, 0.15) is 15.9 Å². The Balaban J connectivity index is 1.30. The molecule has 4 aromatic carbocycles. The monoisotopic (exact) mass is 406 g/mol. The molecule has 0 saturated heterocycles. The lowest BCUT2D eigenvalue weighted by molar-refractivity contribution is -0.141. The van der Waals surface area contributed by atoms with E-state index >= 15 is 0 Å². The third kappa shape index (κ3) is 5.34. The van der Waals surface area contributed by atoms with Crippen LogP contribution in [0.3, 0.4) is 0 Å². The van der Waals surface area contributed by atoms with Crippen LogP contribution in [0, 0.1) is 0 Å². The quantitative estimate of drug-likeness (QED) is 0.280. The van der Waals surface area contributed by atoms with Gasteiger partial charge in [-0.15, -0.1) is 0 Å². The van der Waals surface area contributed by atoms with Crippen LogP contribution in [-0.4, -0.2) is 18.4 Å². The standard InChI is InChI=1S/C28H22O3/c29-27(26-17-15-25(16-18-26)23-9-5-2-6-10-23)20-31-28(30)19-21-11-13-24(14-12-21)22-7-3-1-4-8-22/h1-18H,19-20H2. The molecule has 0 heterocycles. The molecule has 0 N–H and O–H groups in total. The van der Waals surface area contributed by atoms with Crippen molar-refractivity contribution in [1.82, 2.24) is 0 Å². The highest BCUT2D eigenvalue weighted by Crippen LogP contribution is 2.20. The molecule has 0 aliphatic rings. The van der Waals surface area contributed by atoms with Crippen molar-refractivity contribution in [3.8, 4) is 22.3 Å². The Hall–Kier alpha value is -3.98. The number of carbonyl (C=O) groups excluding carboxylic acids is 2.